The van der Waals surface area contributed by atoms with E-state index in [9.17, 15) is 18.5 Å². The fourth-order valence-corrected chi connectivity index (χ4v) is 6.37. The van der Waals surface area contributed by atoms with Gasteiger partial charge in [-0.1, -0.05) is 48.6 Å². The van der Waals surface area contributed by atoms with Crippen LogP contribution < -0.4 is 10.0 Å². The Morgan fingerprint density at radius 1 is 1.00 bits per heavy atom. The molecule has 7 nitrogen and oxygen atoms in total. The lowest BCUT2D eigenvalue weighted by atomic mass is 9.76. The van der Waals surface area contributed by atoms with E-state index in [0.717, 1.165) is 28.8 Å². The van der Waals surface area contributed by atoms with Crippen LogP contribution in [0.3, 0.4) is 0 Å². The summed E-state index contributed by atoms with van der Waals surface area (Å²) in [6.07, 6.45) is 4.91. The van der Waals surface area contributed by atoms with Gasteiger partial charge < -0.3 is 5.32 Å². The van der Waals surface area contributed by atoms with Gasteiger partial charge in [0.25, 0.3) is 15.7 Å². The molecule has 0 saturated carbocycles. The molecule has 0 spiro atoms. The summed E-state index contributed by atoms with van der Waals surface area (Å²) in [6.45, 7) is 3.75. The smallest absolute Gasteiger partial charge is 0.274 e. The summed E-state index contributed by atoms with van der Waals surface area (Å²) in [5.41, 5.74) is 4.72. The van der Waals surface area contributed by atoms with E-state index in [1.165, 1.54) is 6.07 Å². The van der Waals surface area contributed by atoms with Crippen LogP contribution in [0.1, 0.15) is 40.6 Å². The average Bonchev–Trinajstić information content (AvgIpc) is 3.31. The fourth-order valence-electron chi connectivity index (χ4n) is 5.13. The highest BCUT2D eigenvalue weighted by Gasteiger charge is 2.40. The summed E-state index contributed by atoms with van der Waals surface area (Å²) >= 11 is 0. The van der Waals surface area contributed by atoms with Crippen molar-refractivity contribution in [2.24, 2.45) is 5.92 Å². The highest BCUT2D eigenvalue weighted by Crippen LogP contribution is 2.51. The van der Waals surface area contributed by atoms with Crippen LogP contribution in [-0.2, 0) is 10.0 Å². The minimum atomic E-state index is -3.80. The molecule has 0 aromatic heterocycles. The summed E-state index contributed by atoms with van der Waals surface area (Å²) in [4.78, 5) is 11.5. The number of rotatable bonds is 5. The van der Waals surface area contributed by atoms with Crippen molar-refractivity contribution in [2.45, 2.75) is 37.1 Å². The molecule has 3 unspecified atom stereocenters. The number of sulfonamides is 1. The molecule has 0 radical (unpaired) electrons. The predicted molar refractivity (Wildman–Crippen MR) is 133 cm³/mol. The van der Waals surface area contributed by atoms with Gasteiger partial charge >= 0.3 is 0 Å². The number of para-hydroxylation sites is 2. The summed E-state index contributed by atoms with van der Waals surface area (Å²) < 4.78 is 29.3. The number of nitro groups is 1. The number of benzene rings is 3. The number of nitrogens with zero attached hydrogens (tertiary/aromatic N) is 1. The molecule has 34 heavy (non-hydrogen) atoms. The Hall–Kier alpha value is -3.65. The van der Waals surface area contributed by atoms with Crippen LogP contribution in [0.5, 0.6) is 0 Å². The van der Waals surface area contributed by atoms with E-state index in [2.05, 4.69) is 22.2 Å². The number of fused-ring (bicyclic) bond motifs is 3. The van der Waals surface area contributed by atoms with Crippen molar-refractivity contribution in [2.75, 3.05) is 10.0 Å². The SMILES string of the molecule is Cc1cccc(C)c1NS(=O)(=O)c1ccc2c(c1)C1C=CCC1C(c1ccccc1[N+](=O)[O-])N2. The summed E-state index contributed by atoms with van der Waals surface area (Å²) in [7, 11) is -3.80. The van der Waals surface area contributed by atoms with E-state index in [0.29, 0.717) is 11.3 Å². The molecule has 1 aliphatic carbocycles. The van der Waals surface area contributed by atoms with Crippen molar-refractivity contribution >= 4 is 27.1 Å². The topological polar surface area (TPSA) is 101 Å². The third-order valence-corrected chi connectivity index (χ3v) is 8.18. The van der Waals surface area contributed by atoms with Gasteiger partial charge in [0, 0.05) is 17.7 Å². The fraction of sp³-hybridized carbons (Fsp3) is 0.231. The minimum absolute atomic E-state index is 0.0311. The highest BCUT2D eigenvalue weighted by atomic mass is 32.2. The van der Waals surface area contributed by atoms with Gasteiger partial charge in [0.2, 0.25) is 0 Å². The van der Waals surface area contributed by atoms with Crippen molar-refractivity contribution in [3.8, 4) is 0 Å². The van der Waals surface area contributed by atoms with E-state index in [1.807, 2.05) is 38.1 Å². The summed E-state index contributed by atoms with van der Waals surface area (Å²) in [5, 5.41) is 15.1. The number of allylic oxidation sites excluding steroid dienone is 2. The Balaban J connectivity index is 1.53. The zero-order chi connectivity index (χ0) is 24.0. The molecule has 5 rings (SSSR count). The molecule has 0 bridgehead atoms. The van der Waals surface area contributed by atoms with Crippen LogP contribution in [0, 0.1) is 29.9 Å². The van der Waals surface area contributed by atoms with Gasteiger partial charge in [-0.25, -0.2) is 8.42 Å². The second-order valence-electron chi connectivity index (χ2n) is 8.91. The lowest BCUT2D eigenvalue weighted by Gasteiger charge is -2.37. The average molecular weight is 476 g/mol. The van der Waals surface area contributed by atoms with Crippen LogP contribution >= 0.6 is 0 Å². The Labute approximate surface area is 198 Å². The number of hydrogen-bond donors (Lipinski definition) is 2. The molecule has 2 N–H and O–H groups in total. The molecule has 0 fully saturated rings. The number of nitro benzene ring substituents is 1. The molecule has 1 heterocycles. The molecule has 1 aliphatic heterocycles. The molecule has 3 atom stereocenters. The number of hydrogen-bond acceptors (Lipinski definition) is 5. The first kappa shape index (κ1) is 22.2. The van der Waals surface area contributed by atoms with Gasteiger partial charge in [0.05, 0.1) is 27.1 Å². The number of aryl methyl sites for hydroxylation is 2. The second-order valence-corrected chi connectivity index (χ2v) is 10.6. The third kappa shape index (κ3) is 3.74. The molecule has 3 aromatic carbocycles. The van der Waals surface area contributed by atoms with Crippen LogP contribution in [0.4, 0.5) is 17.1 Å². The quantitative estimate of drug-likeness (QED) is 0.274. The number of nitrogens with one attached hydrogen (secondary N) is 2. The predicted octanol–water partition coefficient (Wildman–Crippen LogP) is 5.84. The highest BCUT2D eigenvalue weighted by molar-refractivity contribution is 7.92. The first-order valence-corrected chi connectivity index (χ1v) is 12.6. The van der Waals surface area contributed by atoms with Gasteiger partial charge in [0.1, 0.15) is 0 Å². The zero-order valence-corrected chi connectivity index (χ0v) is 19.7. The van der Waals surface area contributed by atoms with Crippen molar-refractivity contribution in [3.63, 3.8) is 0 Å². The van der Waals surface area contributed by atoms with E-state index in [1.54, 1.807) is 30.3 Å². The Morgan fingerprint density at radius 2 is 1.74 bits per heavy atom. The van der Waals surface area contributed by atoms with Gasteiger partial charge in [-0.2, -0.15) is 0 Å². The maximum atomic E-state index is 13.3. The Kier molecular flexibility index (Phi) is 5.40. The molecule has 8 heteroatoms. The first-order chi connectivity index (χ1) is 16.3. The zero-order valence-electron chi connectivity index (χ0n) is 18.9. The first-order valence-electron chi connectivity index (χ1n) is 11.2. The van der Waals surface area contributed by atoms with E-state index in [-0.39, 0.29) is 33.4 Å². The number of anilines is 2. The van der Waals surface area contributed by atoms with Crippen molar-refractivity contribution < 1.29 is 13.3 Å². The molecular weight excluding hydrogens is 450 g/mol. The Bertz CT molecular complexity index is 1410. The van der Waals surface area contributed by atoms with Gasteiger partial charge in [-0.05, 0) is 61.1 Å². The van der Waals surface area contributed by atoms with E-state index >= 15 is 0 Å². The maximum absolute atomic E-state index is 13.3. The van der Waals surface area contributed by atoms with Gasteiger partial charge in [-0.3, -0.25) is 14.8 Å². The van der Waals surface area contributed by atoms with Crippen molar-refractivity contribution in [1.29, 1.82) is 0 Å². The van der Waals surface area contributed by atoms with E-state index in [4.69, 9.17) is 0 Å². The van der Waals surface area contributed by atoms with Crippen LogP contribution in [0.15, 0.2) is 77.7 Å². The molecule has 2 aliphatic rings. The standard InChI is InChI=1S/C26H25N3O4S/c1-16-7-5-8-17(2)25(16)28-34(32,33)18-13-14-23-22(15-18)19-10-6-11-20(19)26(27-23)21-9-3-4-12-24(21)29(30)31/h3-10,12-15,19-20,26-28H,11H2,1-2H3. The van der Waals surface area contributed by atoms with Crippen LogP contribution in [0.2, 0.25) is 0 Å². The molecule has 0 amide bonds. The van der Waals surface area contributed by atoms with Crippen LogP contribution in [0.25, 0.3) is 0 Å². The largest absolute Gasteiger partial charge is 0.377 e. The van der Waals surface area contributed by atoms with E-state index < -0.39 is 10.0 Å². The molecule has 174 valence electrons. The minimum Gasteiger partial charge on any atom is -0.377 e. The van der Waals surface area contributed by atoms with Gasteiger partial charge in [0.15, 0.2) is 0 Å². The third-order valence-electron chi connectivity index (χ3n) is 6.83. The van der Waals surface area contributed by atoms with Gasteiger partial charge in [-0.15, -0.1) is 0 Å². The monoisotopic (exact) mass is 475 g/mol. The normalized spacial score (nSPS) is 20.8. The molecular formula is C26H25N3O4S. The molecule has 3 aromatic rings. The molecule has 0 saturated heterocycles. The van der Waals surface area contributed by atoms with Crippen LogP contribution in [-0.4, -0.2) is 13.3 Å². The van der Waals surface area contributed by atoms with Crippen molar-refractivity contribution in [3.05, 3.63) is 105 Å². The summed E-state index contributed by atoms with van der Waals surface area (Å²) in [6, 6.07) is 17.3. The van der Waals surface area contributed by atoms with Crippen molar-refractivity contribution in [1.82, 2.24) is 0 Å². The lowest BCUT2D eigenvalue weighted by molar-refractivity contribution is -0.385. The second kappa shape index (κ2) is 8.29. The lowest BCUT2D eigenvalue weighted by Crippen LogP contribution is -2.30. The Morgan fingerprint density at radius 3 is 2.47 bits per heavy atom. The maximum Gasteiger partial charge on any atom is 0.274 e. The summed E-state index contributed by atoms with van der Waals surface area (Å²) in [5.74, 6) is 0.0227.